The van der Waals surface area contributed by atoms with Gasteiger partial charge in [0, 0.05) is 9.50 Å². The monoisotopic (exact) mass is 278 g/mol. The lowest BCUT2D eigenvalue weighted by Gasteiger charge is -1.99. The van der Waals surface area contributed by atoms with E-state index in [9.17, 15) is 0 Å². The fourth-order valence-electron chi connectivity index (χ4n) is 0.736. The second-order valence-electron chi connectivity index (χ2n) is 2.25. The van der Waals surface area contributed by atoms with Crippen LogP contribution in [-0.2, 0) is 0 Å². The summed E-state index contributed by atoms with van der Waals surface area (Å²) in [6.45, 7) is 0. The van der Waals surface area contributed by atoms with Gasteiger partial charge in [-0.2, -0.15) is 0 Å². The van der Waals surface area contributed by atoms with E-state index in [0.29, 0.717) is 10.2 Å². The number of halogens is 2. The van der Waals surface area contributed by atoms with Crippen LogP contribution >= 0.6 is 39.3 Å². The normalized spacial score (nSPS) is 11.8. The molecule has 0 spiro atoms. The highest BCUT2D eigenvalue weighted by molar-refractivity contribution is 9.10. The second-order valence-corrected chi connectivity index (χ2v) is 4.37. The molecule has 0 saturated heterocycles. The van der Waals surface area contributed by atoms with Crippen LogP contribution in [0.3, 0.4) is 0 Å². The third-order valence-corrected chi connectivity index (χ3v) is 2.73. The molecular formula is C8H8BrClN2S. The first-order valence-corrected chi connectivity index (χ1v) is 5.86. The van der Waals surface area contributed by atoms with Crippen LogP contribution < -0.4 is 5.73 Å². The highest BCUT2D eigenvalue weighted by atomic mass is 79.9. The van der Waals surface area contributed by atoms with Crippen LogP contribution in [0.15, 0.2) is 27.7 Å². The molecule has 70 valence electrons. The first-order valence-electron chi connectivity index (χ1n) is 3.46. The van der Waals surface area contributed by atoms with Gasteiger partial charge in [-0.25, -0.2) is 4.99 Å². The molecular weight excluding hydrogens is 272 g/mol. The first kappa shape index (κ1) is 10.9. The Hall–Kier alpha value is -0.190. The Labute approximate surface area is 94.7 Å². The molecule has 0 heterocycles. The summed E-state index contributed by atoms with van der Waals surface area (Å²) in [5.41, 5.74) is 6.36. The van der Waals surface area contributed by atoms with Crippen molar-refractivity contribution in [3.63, 3.8) is 0 Å². The van der Waals surface area contributed by atoms with E-state index in [4.69, 9.17) is 17.3 Å². The van der Waals surface area contributed by atoms with E-state index < -0.39 is 0 Å². The quantitative estimate of drug-likeness (QED) is 0.632. The molecule has 0 unspecified atom stereocenters. The number of hydrogen-bond acceptors (Lipinski definition) is 2. The number of hydrogen-bond donors (Lipinski definition) is 1. The number of nitrogens with two attached hydrogens (primary N) is 1. The molecule has 0 radical (unpaired) electrons. The molecule has 2 nitrogen and oxygen atoms in total. The minimum atomic E-state index is 0.531. The maximum Gasteiger partial charge on any atom is 0.158 e. The molecule has 13 heavy (non-hydrogen) atoms. The average molecular weight is 280 g/mol. The van der Waals surface area contributed by atoms with E-state index in [1.807, 2.05) is 12.3 Å². The Bertz CT molecular complexity index is 341. The van der Waals surface area contributed by atoms with E-state index in [1.54, 1.807) is 12.1 Å². The molecule has 1 aromatic rings. The zero-order valence-corrected chi connectivity index (χ0v) is 10.1. The fourth-order valence-corrected chi connectivity index (χ4v) is 1.70. The molecule has 0 aromatic heterocycles. The van der Waals surface area contributed by atoms with Crippen LogP contribution in [0.1, 0.15) is 0 Å². The van der Waals surface area contributed by atoms with Gasteiger partial charge in [-0.05, 0) is 40.4 Å². The predicted octanol–water partition coefficient (Wildman–Crippen LogP) is 3.41. The summed E-state index contributed by atoms with van der Waals surface area (Å²) < 4.78 is 0.844. The Balaban J connectivity index is 3.03. The van der Waals surface area contributed by atoms with Gasteiger partial charge in [-0.1, -0.05) is 23.4 Å². The van der Waals surface area contributed by atoms with Crippen LogP contribution in [0.4, 0.5) is 5.69 Å². The third-order valence-electron chi connectivity index (χ3n) is 1.35. The van der Waals surface area contributed by atoms with Gasteiger partial charge in [-0.3, -0.25) is 0 Å². The SMILES string of the molecule is CSC(N)=Nc1ccc(Cl)cc1Br. The van der Waals surface area contributed by atoms with E-state index in [2.05, 4.69) is 20.9 Å². The number of aliphatic imine (C=N–C) groups is 1. The lowest BCUT2D eigenvalue weighted by molar-refractivity contribution is 1.48. The average Bonchev–Trinajstić information content (AvgIpc) is 2.09. The summed E-state index contributed by atoms with van der Waals surface area (Å²) in [4.78, 5) is 4.17. The molecule has 1 rings (SSSR count). The van der Waals surface area contributed by atoms with Gasteiger partial charge in [-0.15, -0.1) is 0 Å². The van der Waals surface area contributed by atoms with Crippen LogP contribution in [0.5, 0.6) is 0 Å². The number of benzene rings is 1. The van der Waals surface area contributed by atoms with Crippen LogP contribution in [0.25, 0.3) is 0 Å². The van der Waals surface area contributed by atoms with Crippen molar-refractivity contribution in [3.8, 4) is 0 Å². The summed E-state index contributed by atoms with van der Waals surface area (Å²) in [6.07, 6.45) is 1.88. The van der Waals surface area contributed by atoms with Gasteiger partial charge < -0.3 is 5.73 Å². The highest BCUT2D eigenvalue weighted by Gasteiger charge is 1.99. The van der Waals surface area contributed by atoms with E-state index in [-0.39, 0.29) is 0 Å². The van der Waals surface area contributed by atoms with E-state index in [1.165, 1.54) is 11.8 Å². The maximum atomic E-state index is 5.77. The summed E-state index contributed by atoms with van der Waals surface area (Å²) >= 11 is 10.5. The number of thioether (sulfide) groups is 1. The topological polar surface area (TPSA) is 38.4 Å². The van der Waals surface area contributed by atoms with Gasteiger partial charge in [0.15, 0.2) is 5.17 Å². The van der Waals surface area contributed by atoms with Gasteiger partial charge in [0.05, 0.1) is 5.69 Å². The molecule has 0 aliphatic rings. The van der Waals surface area contributed by atoms with E-state index in [0.717, 1.165) is 10.2 Å². The Morgan fingerprint density at radius 3 is 2.85 bits per heavy atom. The number of rotatable bonds is 1. The Kier molecular flexibility index (Phi) is 4.09. The molecule has 0 amide bonds. The Morgan fingerprint density at radius 1 is 1.62 bits per heavy atom. The number of nitrogens with zero attached hydrogens (tertiary/aromatic N) is 1. The smallest absolute Gasteiger partial charge is 0.158 e. The van der Waals surface area contributed by atoms with Gasteiger partial charge in [0.2, 0.25) is 0 Å². The highest BCUT2D eigenvalue weighted by Crippen LogP contribution is 2.28. The van der Waals surface area contributed by atoms with Crippen molar-refractivity contribution in [2.24, 2.45) is 10.7 Å². The van der Waals surface area contributed by atoms with Crippen LogP contribution in [0.2, 0.25) is 5.02 Å². The fraction of sp³-hybridized carbons (Fsp3) is 0.125. The van der Waals surface area contributed by atoms with Crippen molar-refractivity contribution in [1.82, 2.24) is 0 Å². The van der Waals surface area contributed by atoms with Crippen molar-refractivity contribution < 1.29 is 0 Å². The first-order chi connectivity index (χ1) is 6.13. The zero-order chi connectivity index (χ0) is 9.84. The molecule has 0 saturated carbocycles. The van der Waals surface area contributed by atoms with Gasteiger partial charge in [0.25, 0.3) is 0 Å². The zero-order valence-electron chi connectivity index (χ0n) is 6.92. The van der Waals surface area contributed by atoms with Crippen molar-refractivity contribution in [3.05, 3.63) is 27.7 Å². The van der Waals surface area contributed by atoms with Gasteiger partial charge >= 0.3 is 0 Å². The molecule has 0 bridgehead atoms. The molecule has 5 heteroatoms. The summed E-state index contributed by atoms with van der Waals surface area (Å²) in [5, 5.41) is 1.21. The van der Waals surface area contributed by atoms with Crippen molar-refractivity contribution >= 4 is 50.1 Å². The maximum absolute atomic E-state index is 5.77. The Morgan fingerprint density at radius 2 is 2.31 bits per heavy atom. The van der Waals surface area contributed by atoms with Crippen LogP contribution in [0, 0.1) is 0 Å². The van der Waals surface area contributed by atoms with Crippen LogP contribution in [-0.4, -0.2) is 11.4 Å². The summed E-state index contributed by atoms with van der Waals surface area (Å²) in [5.74, 6) is 0. The largest absolute Gasteiger partial charge is 0.378 e. The molecule has 0 fully saturated rings. The van der Waals surface area contributed by atoms with Crippen molar-refractivity contribution in [2.75, 3.05) is 6.26 Å². The molecule has 0 aliphatic heterocycles. The van der Waals surface area contributed by atoms with Gasteiger partial charge in [0.1, 0.15) is 0 Å². The van der Waals surface area contributed by atoms with Crippen molar-refractivity contribution in [2.45, 2.75) is 0 Å². The minimum Gasteiger partial charge on any atom is -0.378 e. The standard InChI is InChI=1S/C8H8BrClN2S/c1-13-8(11)12-7-3-2-5(10)4-6(7)9/h2-4H,1H3,(H2,11,12). The predicted molar refractivity (Wildman–Crippen MR) is 63.9 cm³/mol. The molecule has 0 aliphatic carbocycles. The van der Waals surface area contributed by atoms with Crippen molar-refractivity contribution in [1.29, 1.82) is 0 Å². The minimum absolute atomic E-state index is 0.531. The lowest BCUT2D eigenvalue weighted by atomic mass is 10.3. The summed E-state index contributed by atoms with van der Waals surface area (Å²) in [6, 6.07) is 5.38. The third kappa shape index (κ3) is 3.21. The molecule has 1 aromatic carbocycles. The lowest BCUT2D eigenvalue weighted by Crippen LogP contribution is -2.04. The summed E-state index contributed by atoms with van der Waals surface area (Å²) in [7, 11) is 0. The van der Waals surface area contributed by atoms with E-state index >= 15 is 0 Å². The second kappa shape index (κ2) is 4.88. The molecule has 0 atom stereocenters. The number of amidine groups is 1. The molecule has 2 N–H and O–H groups in total.